The first-order valence-electron chi connectivity index (χ1n) is 11.3. The number of hydrogen-bond donors (Lipinski definition) is 2. The lowest BCUT2D eigenvalue weighted by Crippen LogP contribution is -2.48. The van der Waals surface area contributed by atoms with Gasteiger partial charge in [-0.05, 0) is 38.3 Å². The van der Waals surface area contributed by atoms with E-state index in [4.69, 9.17) is 10.5 Å². The summed E-state index contributed by atoms with van der Waals surface area (Å²) in [6, 6.07) is -1.02. The average Bonchev–Trinajstić information content (AvgIpc) is 3.22. The van der Waals surface area contributed by atoms with Gasteiger partial charge in [-0.25, -0.2) is 4.39 Å². The van der Waals surface area contributed by atoms with Crippen molar-refractivity contribution in [2.75, 3.05) is 13.1 Å². The molecule has 0 spiro atoms. The van der Waals surface area contributed by atoms with Gasteiger partial charge in [-0.3, -0.25) is 9.48 Å². The molecule has 0 saturated heterocycles. The number of nitrogens with one attached hydrogen (secondary N) is 1. The van der Waals surface area contributed by atoms with Crippen molar-refractivity contribution >= 4 is 11.5 Å². The summed E-state index contributed by atoms with van der Waals surface area (Å²) in [4.78, 5) is 13.7. The number of amides is 1. The molecule has 3 unspecified atom stereocenters. The molecule has 1 aliphatic rings. The molecule has 0 bridgehead atoms. The molecule has 35 heavy (non-hydrogen) atoms. The van der Waals surface area contributed by atoms with E-state index in [-0.39, 0.29) is 25.1 Å². The summed E-state index contributed by atoms with van der Waals surface area (Å²) in [5, 5.41) is 6.93. The van der Waals surface area contributed by atoms with Gasteiger partial charge in [0.2, 0.25) is 5.91 Å². The van der Waals surface area contributed by atoms with Crippen molar-refractivity contribution < 1.29 is 27.1 Å². The highest BCUT2D eigenvalue weighted by atomic mass is 19.4. The van der Waals surface area contributed by atoms with E-state index in [1.807, 2.05) is 13.1 Å². The highest BCUT2D eigenvalue weighted by molar-refractivity contribution is 5.82. The maximum atomic E-state index is 14.2. The van der Waals surface area contributed by atoms with Crippen LogP contribution in [0.4, 0.5) is 17.6 Å². The Labute approximate surface area is 203 Å². The highest BCUT2D eigenvalue weighted by Crippen LogP contribution is 2.22. The number of nitrogens with zero attached hydrogens (tertiary/aromatic N) is 3. The van der Waals surface area contributed by atoms with Gasteiger partial charge in [0.25, 0.3) is 0 Å². The number of hydrogen-bond acceptors (Lipinski definition) is 5. The standard InChI is InChI=1S/C24H33F4N5O2/c1-16-8-9-22(23(34)33(15-24(26,27)28)10-6-5-7-20(16)25)30-12-21(29)18(3)35-14-17(2)19-11-31-32(4)13-19/h5-7,11-14,16,18,22,30H,8-10,15,29H2,1-4H3/b6-5-,17-14+,20-7+,21-12-. The zero-order valence-corrected chi connectivity index (χ0v) is 20.3. The second kappa shape index (κ2) is 12.5. The average molecular weight is 500 g/mol. The van der Waals surface area contributed by atoms with E-state index in [1.54, 1.807) is 31.8 Å². The summed E-state index contributed by atoms with van der Waals surface area (Å²) in [7, 11) is 1.80. The maximum absolute atomic E-state index is 14.2. The molecule has 2 heterocycles. The fourth-order valence-corrected chi connectivity index (χ4v) is 3.30. The summed E-state index contributed by atoms with van der Waals surface area (Å²) < 4.78 is 60.8. The van der Waals surface area contributed by atoms with Crippen molar-refractivity contribution in [3.8, 4) is 0 Å². The Kier molecular flexibility index (Phi) is 9.97. The molecule has 1 amide bonds. The van der Waals surface area contributed by atoms with Gasteiger partial charge in [-0.1, -0.05) is 19.1 Å². The molecule has 3 N–H and O–H groups in total. The molecule has 3 atom stereocenters. The number of alkyl halides is 3. The monoisotopic (exact) mass is 499 g/mol. The molecule has 1 aliphatic heterocycles. The molecule has 0 aromatic carbocycles. The van der Waals surface area contributed by atoms with Crippen LogP contribution in [-0.2, 0) is 16.6 Å². The van der Waals surface area contributed by atoms with Gasteiger partial charge in [0.1, 0.15) is 24.5 Å². The van der Waals surface area contributed by atoms with Gasteiger partial charge in [0.05, 0.1) is 18.2 Å². The van der Waals surface area contributed by atoms with Crippen molar-refractivity contribution in [1.82, 2.24) is 20.0 Å². The number of aromatic nitrogens is 2. The van der Waals surface area contributed by atoms with E-state index >= 15 is 0 Å². The van der Waals surface area contributed by atoms with Crippen LogP contribution >= 0.6 is 0 Å². The Hall–Kier alpha value is -3.24. The lowest BCUT2D eigenvalue weighted by molar-refractivity contribution is -0.161. The minimum atomic E-state index is -4.57. The van der Waals surface area contributed by atoms with Crippen molar-refractivity contribution in [3.63, 3.8) is 0 Å². The number of rotatable bonds is 7. The first-order chi connectivity index (χ1) is 16.4. The molecule has 0 radical (unpaired) electrons. The van der Waals surface area contributed by atoms with Crippen molar-refractivity contribution in [1.29, 1.82) is 0 Å². The molecular weight excluding hydrogens is 466 g/mol. The van der Waals surface area contributed by atoms with Gasteiger partial charge in [-0.15, -0.1) is 0 Å². The lowest BCUT2D eigenvalue weighted by atomic mass is 9.99. The van der Waals surface area contributed by atoms with Gasteiger partial charge in [-0.2, -0.15) is 18.3 Å². The zero-order chi connectivity index (χ0) is 26.2. The van der Waals surface area contributed by atoms with Gasteiger partial charge < -0.3 is 20.7 Å². The van der Waals surface area contributed by atoms with E-state index in [0.717, 1.165) is 11.1 Å². The molecule has 11 heteroatoms. The summed E-state index contributed by atoms with van der Waals surface area (Å²) in [5.74, 6) is -1.63. The molecule has 7 nitrogen and oxygen atoms in total. The number of allylic oxidation sites excluding steroid dienone is 4. The molecule has 1 aromatic heterocycles. The smallest absolute Gasteiger partial charge is 0.406 e. The minimum Gasteiger partial charge on any atom is -0.492 e. The quantitative estimate of drug-likeness (QED) is 0.435. The van der Waals surface area contributed by atoms with Crippen LogP contribution in [0.1, 0.15) is 39.2 Å². The van der Waals surface area contributed by atoms with Crippen LogP contribution in [0.15, 0.2) is 54.6 Å². The van der Waals surface area contributed by atoms with E-state index < -0.39 is 42.5 Å². The predicted octanol–water partition coefficient (Wildman–Crippen LogP) is 4.17. The predicted molar refractivity (Wildman–Crippen MR) is 126 cm³/mol. The third-order valence-corrected chi connectivity index (χ3v) is 5.59. The van der Waals surface area contributed by atoms with Crippen LogP contribution in [-0.4, -0.2) is 52.0 Å². The molecular formula is C24H33F4N5O2. The Balaban J connectivity index is 2.14. The van der Waals surface area contributed by atoms with Crippen LogP contribution < -0.4 is 11.1 Å². The Morgan fingerprint density at radius 3 is 2.74 bits per heavy atom. The number of aryl methyl sites for hydroxylation is 1. The minimum absolute atomic E-state index is 0.120. The van der Waals surface area contributed by atoms with Crippen LogP contribution in [0.25, 0.3) is 5.57 Å². The second-order valence-electron chi connectivity index (χ2n) is 8.64. The third-order valence-electron chi connectivity index (χ3n) is 5.59. The number of carbonyl (C=O) groups excluding carboxylic acids is 1. The highest BCUT2D eigenvalue weighted by Gasteiger charge is 2.35. The summed E-state index contributed by atoms with van der Waals surface area (Å²) in [6.45, 7) is 3.49. The van der Waals surface area contributed by atoms with E-state index in [9.17, 15) is 22.4 Å². The van der Waals surface area contributed by atoms with Gasteiger partial charge in [0, 0.05) is 37.5 Å². The first kappa shape index (κ1) is 28.0. The molecule has 0 fully saturated rings. The second-order valence-corrected chi connectivity index (χ2v) is 8.64. The summed E-state index contributed by atoms with van der Waals surface area (Å²) in [6.07, 6.45) is 5.51. The summed E-state index contributed by atoms with van der Waals surface area (Å²) >= 11 is 0. The van der Waals surface area contributed by atoms with Crippen molar-refractivity contribution in [2.24, 2.45) is 18.7 Å². The van der Waals surface area contributed by atoms with Crippen LogP contribution in [0.3, 0.4) is 0 Å². The fourth-order valence-electron chi connectivity index (χ4n) is 3.30. The number of carbonyl (C=O) groups is 1. The van der Waals surface area contributed by atoms with E-state index in [1.165, 1.54) is 30.7 Å². The zero-order valence-electron chi connectivity index (χ0n) is 20.3. The SMILES string of the molecule is C/C(=C\OC(C)/C(N)=C/NC1CCC(C)/C(F)=C\C=C/CN(CC(F)(F)F)C1=O)c1cnn(C)c1. The van der Waals surface area contributed by atoms with Crippen LogP contribution in [0.5, 0.6) is 0 Å². The molecule has 194 valence electrons. The van der Waals surface area contributed by atoms with Gasteiger partial charge >= 0.3 is 6.18 Å². The Morgan fingerprint density at radius 2 is 2.11 bits per heavy atom. The molecule has 0 saturated carbocycles. The van der Waals surface area contributed by atoms with Crippen molar-refractivity contribution in [3.05, 3.63) is 60.2 Å². The molecule has 1 aromatic rings. The van der Waals surface area contributed by atoms with E-state index in [2.05, 4.69) is 10.4 Å². The topological polar surface area (TPSA) is 85.4 Å². The van der Waals surface area contributed by atoms with Crippen LogP contribution in [0.2, 0.25) is 0 Å². The number of halogens is 4. The first-order valence-corrected chi connectivity index (χ1v) is 11.3. The van der Waals surface area contributed by atoms with Crippen LogP contribution in [0, 0.1) is 5.92 Å². The number of nitrogens with two attached hydrogens (primary N) is 1. The Bertz CT molecular complexity index is 981. The maximum Gasteiger partial charge on any atom is 0.406 e. The Morgan fingerprint density at radius 1 is 1.40 bits per heavy atom. The normalized spacial score (nSPS) is 24.3. The third kappa shape index (κ3) is 9.14. The van der Waals surface area contributed by atoms with Crippen molar-refractivity contribution in [2.45, 2.75) is 51.9 Å². The number of ether oxygens (including phenoxy) is 1. The molecule has 0 aliphatic carbocycles. The summed E-state index contributed by atoms with van der Waals surface area (Å²) in [5.41, 5.74) is 8.02. The largest absolute Gasteiger partial charge is 0.492 e. The van der Waals surface area contributed by atoms with Gasteiger partial charge in [0.15, 0.2) is 0 Å². The fraction of sp³-hybridized carbons (Fsp3) is 0.500. The lowest BCUT2D eigenvalue weighted by Gasteiger charge is -2.28. The van der Waals surface area contributed by atoms with E-state index in [0.29, 0.717) is 4.90 Å². The molecule has 2 rings (SSSR count).